The molecule has 2 N–H and O–H groups in total. The molecule has 2 saturated heterocycles. The second-order valence-corrected chi connectivity index (χ2v) is 9.87. The molecule has 4 rings (SSSR count). The Bertz CT molecular complexity index is 1030. The first kappa shape index (κ1) is 22.8. The van der Waals surface area contributed by atoms with Crippen LogP contribution in [0.5, 0.6) is 0 Å². The van der Waals surface area contributed by atoms with Gasteiger partial charge in [-0.15, -0.1) is 0 Å². The summed E-state index contributed by atoms with van der Waals surface area (Å²) in [7, 11) is -3.66. The Morgan fingerprint density at radius 3 is 2.53 bits per heavy atom. The minimum Gasteiger partial charge on any atom is -0.379 e. The molecule has 2 aliphatic rings. The zero-order chi connectivity index (χ0) is 22.8. The highest BCUT2D eigenvalue weighted by Crippen LogP contribution is 2.28. The summed E-state index contributed by atoms with van der Waals surface area (Å²) in [5, 5.41) is 2.71. The average Bonchev–Trinajstić information content (AvgIpc) is 3.34. The van der Waals surface area contributed by atoms with Crippen LogP contribution < -0.4 is 5.32 Å². The molecule has 0 radical (unpaired) electrons. The van der Waals surface area contributed by atoms with Gasteiger partial charge in [-0.2, -0.15) is 4.31 Å². The number of carbonyl (C=O) groups excluding carboxylic acids is 1. The quantitative estimate of drug-likeness (QED) is 0.653. The van der Waals surface area contributed by atoms with Crippen molar-refractivity contribution in [1.29, 1.82) is 0 Å². The number of rotatable bonds is 6. The van der Waals surface area contributed by atoms with Gasteiger partial charge in [-0.05, 0) is 25.0 Å². The summed E-state index contributed by atoms with van der Waals surface area (Å²) >= 11 is 0. The highest BCUT2D eigenvalue weighted by molar-refractivity contribution is 7.89. The van der Waals surface area contributed by atoms with Gasteiger partial charge in [-0.25, -0.2) is 22.2 Å². The van der Waals surface area contributed by atoms with Crippen molar-refractivity contribution < 1.29 is 26.7 Å². The number of hydrogen-bond acceptors (Lipinski definition) is 6. The van der Waals surface area contributed by atoms with Gasteiger partial charge < -0.3 is 15.0 Å². The summed E-state index contributed by atoms with van der Waals surface area (Å²) in [5.74, 6) is -2.67. The maximum absolute atomic E-state index is 14.0. The number of halogens is 2. The van der Waals surface area contributed by atoms with E-state index in [1.54, 1.807) is 0 Å². The summed E-state index contributed by atoms with van der Waals surface area (Å²) in [5.41, 5.74) is -1.20. The Balaban J connectivity index is 1.45. The molecule has 12 heteroatoms. The summed E-state index contributed by atoms with van der Waals surface area (Å²) in [6.45, 7) is 2.44. The van der Waals surface area contributed by atoms with E-state index < -0.39 is 38.7 Å². The lowest BCUT2D eigenvalue weighted by Crippen LogP contribution is -2.64. The lowest BCUT2D eigenvalue weighted by molar-refractivity contribution is -0.0578. The minimum absolute atomic E-state index is 0.0424. The molecule has 174 valence electrons. The van der Waals surface area contributed by atoms with Crippen molar-refractivity contribution in [2.75, 3.05) is 45.9 Å². The van der Waals surface area contributed by atoms with Crippen LogP contribution in [-0.2, 0) is 14.8 Å². The number of nitrogens with one attached hydrogen (secondary N) is 2. The molecule has 32 heavy (non-hydrogen) atoms. The fraction of sp³-hybridized carbons (Fsp3) is 0.500. The summed E-state index contributed by atoms with van der Waals surface area (Å²) < 4.78 is 60.5. The van der Waals surface area contributed by atoms with E-state index in [0.29, 0.717) is 32.7 Å². The van der Waals surface area contributed by atoms with Crippen LogP contribution in [0.1, 0.15) is 23.2 Å². The van der Waals surface area contributed by atoms with Crippen LogP contribution in [0, 0.1) is 11.6 Å². The van der Waals surface area contributed by atoms with Crippen molar-refractivity contribution in [3.8, 4) is 0 Å². The van der Waals surface area contributed by atoms with Gasteiger partial charge in [-0.1, -0.05) is 6.07 Å². The molecular formula is C20H25F2N5O4S. The monoisotopic (exact) mass is 469 g/mol. The molecule has 1 unspecified atom stereocenters. The van der Waals surface area contributed by atoms with Gasteiger partial charge in [0.1, 0.15) is 17.2 Å². The van der Waals surface area contributed by atoms with Crippen LogP contribution in [-0.4, -0.2) is 85.0 Å². The zero-order valence-electron chi connectivity index (χ0n) is 17.4. The summed E-state index contributed by atoms with van der Waals surface area (Å²) in [6, 6.07) is 3.28. The predicted molar refractivity (Wildman–Crippen MR) is 110 cm³/mol. The third-order valence-corrected chi connectivity index (χ3v) is 7.89. The van der Waals surface area contributed by atoms with Crippen LogP contribution in [0.4, 0.5) is 8.78 Å². The normalized spacial score (nSPS) is 23.2. The number of H-pyrrole nitrogens is 1. The highest BCUT2D eigenvalue weighted by Gasteiger charge is 2.42. The number of amides is 1. The Morgan fingerprint density at radius 2 is 1.94 bits per heavy atom. The SMILES string of the molecule is O=C(NCC1(N2CCN(S(=O)(=O)c3cnc[nH]3)CC2)CCCOC1)c1c(F)cccc1F. The molecule has 2 aromatic rings. The van der Waals surface area contributed by atoms with Gasteiger partial charge in [-0.3, -0.25) is 9.69 Å². The Morgan fingerprint density at radius 1 is 1.22 bits per heavy atom. The fourth-order valence-electron chi connectivity index (χ4n) is 4.31. The topological polar surface area (TPSA) is 108 Å². The van der Waals surface area contributed by atoms with Gasteiger partial charge in [0.15, 0.2) is 5.03 Å². The molecule has 0 aliphatic carbocycles. The van der Waals surface area contributed by atoms with Crippen LogP contribution in [0.3, 0.4) is 0 Å². The number of nitrogens with zero attached hydrogens (tertiary/aromatic N) is 3. The fourth-order valence-corrected chi connectivity index (χ4v) is 5.63. The second-order valence-electron chi connectivity index (χ2n) is 7.97. The molecule has 9 nitrogen and oxygen atoms in total. The molecule has 1 amide bonds. The summed E-state index contributed by atoms with van der Waals surface area (Å²) in [4.78, 5) is 21.0. The highest BCUT2D eigenvalue weighted by atomic mass is 32.2. The van der Waals surface area contributed by atoms with E-state index in [1.165, 1.54) is 22.9 Å². The van der Waals surface area contributed by atoms with Crippen LogP contribution >= 0.6 is 0 Å². The number of hydrogen-bond donors (Lipinski definition) is 2. The number of aromatic nitrogens is 2. The minimum atomic E-state index is -3.66. The Labute approximate surface area is 184 Å². The molecule has 3 heterocycles. The van der Waals surface area contributed by atoms with Crippen molar-refractivity contribution >= 4 is 15.9 Å². The Kier molecular flexibility index (Phi) is 6.56. The maximum atomic E-state index is 14.0. The van der Waals surface area contributed by atoms with Crippen LogP contribution in [0.15, 0.2) is 35.7 Å². The smallest absolute Gasteiger partial charge is 0.260 e. The number of ether oxygens (including phenoxy) is 1. The number of carbonyl (C=O) groups is 1. The molecule has 0 saturated carbocycles. The van der Waals surface area contributed by atoms with E-state index in [1.807, 2.05) is 0 Å². The number of aromatic amines is 1. The first-order chi connectivity index (χ1) is 15.3. The van der Waals surface area contributed by atoms with Gasteiger partial charge in [0.2, 0.25) is 0 Å². The first-order valence-corrected chi connectivity index (χ1v) is 11.8. The number of sulfonamides is 1. The van der Waals surface area contributed by atoms with E-state index in [4.69, 9.17) is 4.74 Å². The maximum Gasteiger partial charge on any atom is 0.260 e. The lowest BCUT2D eigenvalue weighted by Gasteiger charge is -2.49. The molecule has 1 atom stereocenters. The second kappa shape index (κ2) is 9.22. The van der Waals surface area contributed by atoms with Gasteiger partial charge in [0.05, 0.1) is 24.7 Å². The van der Waals surface area contributed by atoms with Gasteiger partial charge in [0, 0.05) is 39.3 Å². The third kappa shape index (κ3) is 4.40. The van der Waals surface area contributed by atoms with Crippen LogP contribution in [0.2, 0.25) is 0 Å². The van der Waals surface area contributed by atoms with E-state index in [2.05, 4.69) is 20.2 Å². The van der Waals surface area contributed by atoms with Crippen LogP contribution in [0.25, 0.3) is 0 Å². The molecule has 1 aromatic heterocycles. The molecule has 0 spiro atoms. The van der Waals surface area contributed by atoms with Gasteiger partial charge >= 0.3 is 0 Å². The molecule has 2 aliphatic heterocycles. The number of benzene rings is 1. The first-order valence-electron chi connectivity index (χ1n) is 10.4. The van der Waals surface area contributed by atoms with E-state index in [-0.39, 0.29) is 24.7 Å². The van der Waals surface area contributed by atoms with Gasteiger partial charge in [0.25, 0.3) is 15.9 Å². The van der Waals surface area contributed by atoms with Crippen molar-refractivity contribution in [3.63, 3.8) is 0 Å². The molecule has 2 fully saturated rings. The van der Waals surface area contributed by atoms with Crippen molar-refractivity contribution in [2.24, 2.45) is 0 Å². The van der Waals surface area contributed by atoms with E-state index in [0.717, 1.165) is 18.6 Å². The predicted octanol–water partition coefficient (Wildman–Crippen LogP) is 0.973. The van der Waals surface area contributed by atoms with Crippen molar-refractivity contribution in [3.05, 3.63) is 47.9 Å². The van der Waals surface area contributed by atoms with E-state index in [9.17, 15) is 22.0 Å². The number of piperazine rings is 1. The van der Waals surface area contributed by atoms with Crippen molar-refractivity contribution in [2.45, 2.75) is 23.4 Å². The summed E-state index contributed by atoms with van der Waals surface area (Å²) in [6.07, 6.45) is 4.06. The van der Waals surface area contributed by atoms with Crippen molar-refractivity contribution in [1.82, 2.24) is 24.5 Å². The standard InChI is InChI=1S/C20H25F2N5O4S/c21-15-3-1-4-16(22)18(15)19(28)24-12-20(5-2-10-31-13-20)26-6-8-27(9-7-26)32(29,30)17-11-23-14-25-17/h1,3-4,11,14H,2,5-10,12-13H2,(H,23,25)(H,24,28). The third-order valence-electron chi connectivity index (χ3n) is 6.07. The average molecular weight is 470 g/mol. The number of imidazole rings is 1. The largest absolute Gasteiger partial charge is 0.379 e. The van der Waals surface area contributed by atoms with E-state index >= 15 is 0 Å². The Hall–Kier alpha value is -2.41. The molecular weight excluding hydrogens is 444 g/mol. The molecule has 0 bridgehead atoms. The molecule has 1 aromatic carbocycles. The lowest BCUT2D eigenvalue weighted by atomic mass is 9.89. The zero-order valence-corrected chi connectivity index (χ0v) is 18.2.